The lowest BCUT2D eigenvalue weighted by atomic mass is 9.73. The number of benzene rings is 1. The van der Waals surface area contributed by atoms with E-state index in [1.165, 1.54) is 12.1 Å². The van der Waals surface area contributed by atoms with Crippen LogP contribution in [0.5, 0.6) is 0 Å². The maximum absolute atomic E-state index is 13.6. The van der Waals surface area contributed by atoms with Crippen molar-refractivity contribution in [3.63, 3.8) is 0 Å². The number of carboxylic acids is 1. The van der Waals surface area contributed by atoms with E-state index in [0.717, 1.165) is 18.7 Å². The Balaban J connectivity index is 1.56. The van der Waals surface area contributed by atoms with Crippen molar-refractivity contribution < 1.29 is 19.4 Å². The van der Waals surface area contributed by atoms with Gasteiger partial charge in [-0.3, -0.25) is 9.69 Å². The highest BCUT2D eigenvalue weighted by molar-refractivity contribution is 5.76. The van der Waals surface area contributed by atoms with Crippen LogP contribution < -0.4 is 0 Å². The number of aliphatic hydroxyl groups excluding tert-OH is 1. The van der Waals surface area contributed by atoms with Gasteiger partial charge in [-0.2, -0.15) is 0 Å². The number of halogens is 1. The van der Waals surface area contributed by atoms with Gasteiger partial charge in [0.15, 0.2) is 0 Å². The predicted molar refractivity (Wildman–Crippen MR) is 96.6 cm³/mol. The van der Waals surface area contributed by atoms with Crippen molar-refractivity contribution in [3.05, 3.63) is 53.9 Å². The molecule has 27 heavy (non-hydrogen) atoms. The van der Waals surface area contributed by atoms with Crippen LogP contribution >= 0.6 is 0 Å². The van der Waals surface area contributed by atoms with E-state index < -0.39 is 23.3 Å². The molecule has 0 radical (unpaired) electrons. The molecule has 7 heteroatoms. The van der Waals surface area contributed by atoms with E-state index in [0.29, 0.717) is 31.1 Å². The minimum Gasteiger partial charge on any atom is -0.481 e. The van der Waals surface area contributed by atoms with Crippen LogP contribution in [0, 0.1) is 11.2 Å². The smallest absolute Gasteiger partial charge is 0.313 e. The molecule has 4 rings (SSSR count). The van der Waals surface area contributed by atoms with Gasteiger partial charge in [0.1, 0.15) is 17.1 Å². The molecule has 1 aromatic heterocycles. The molecule has 1 aliphatic heterocycles. The Morgan fingerprint density at radius 1 is 1.33 bits per heavy atom. The molecule has 1 aliphatic carbocycles. The number of aliphatic carboxylic acids is 1. The first-order chi connectivity index (χ1) is 13.0. The minimum atomic E-state index is -1.36. The quantitative estimate of drug-likeness (QED) is 0.812. The zero-order valence-corrected chi connectivity index (χ0v) is 15.1. The number of carboxylic acid groups (broad SMARTS) is 1. The summed E-state index contributed by atoms with van der Waals surface area (Å²) in [5, 5.41) is 20.6. The van der Waals surface area contributed by atoms with Crippen LogP contribution in [0.25, 0.3) is 0 Å². The molecule has 1 saturated heterocycles. The van der Waals surface area contributed by atoms with Crippen molar-refractivity contribution >= 4 is 5.97 Å². The van der Waals surface area contributed by atoms with Gasteiger partial charge in [0, 0.05) is 31.5 Å². The predicted octanol–water partition coefficient (Wildman–Crippen LogP) is 2.24. The fourth-order valence-electron chi connectivity index (χ4n) is 4.12. The average Bonchev–Trinajstić information content (AvgIpc) is 3.37. The van der Waals surface area contributed by atoms with E-state index in [2.05, 4.69) is 9.55 Å². The molecule has 2 aromatic rings. The van der Waals surface area contributed by atoms with Crippen LogP contribution in [0.2, 0.25) is 0 Å². The maximum Gasteiger partial charge on any atom is 0.313 e. The molecule has 0 unspecified atom stereocenters. The third-order valence-corrected chi connectivity index (χ3v) is 5.75. The Morgan fingerprint density at radius 3 is 2.85 bits per heavy atom. The van der Waals surface area contributed by atoms with Gasteiger partial charge in [-0.1, -0.05) is 12.1 Å². The molecule has 2 aliphatic rings. The first-order valence-corrected chi connectivity index (χ1v) is 9.38. The zero-order valence-electron chi connectivity index (χ0n) is 15.1. The van der Waals surface area contributed by atoms with Crippen LogP contribution in [-0.2, 0) is 17.8 Å². The second-order valence-corrected chi connectivity index (χ2v) is 7.77. The van der Waals surface area contributed by atoms with E-state index in [4.69, 9.17) is 0 Å². The Hall–Kier alpha value is -2.25. The summed E-state index contributed by atoms with van der Waals surface area (Å²) in [7, 11) is 0. The van der Waals surface area contributed by atoms with E-state index in [1.54, 1.807) is 18.3 Å². The van der Waals surface area contributed by atoms with Gasteiger partial charge < -0.3 is 14.8 Å². The van der Waals surface area contributed by atoms with Gasteiger partial charge in [0.2, 0.25) is 0 Å². The summed E-state index contributed by atoms with van der Waals surface area (Å²) in [6.45, 7) is 1.36. The Morgan fingerprint density at radius 2 is 2.15 bits per heavy atom. The van der Waals surface area contributed by atoms with Crippen molar-refractivity contribution in [1.82, 2.24) is 14.5 Å². The largest absolute Gasteiger partial charge is 0.481 e. The van der Waals surface area contributed by atoms with Crippen LogP contribution in [0.3, 0.4) is 0 Å². The summed E-state index contributed by atoms with van der Waals surface area (Å²) >= 11 is 0. The number of aliphatic hydroxyl groups is 1. The molecule has 2 N–H and O–H groups in total. The monoisotopic (exact) mass is 373 g/mol. The highest BCUT2D eigenvalue weighted by atomic mass is 19.1. The standard InChI is InChI=1S/C20H24FN3O3/c21-15-3-1-2-14(10-15)11-20(19(26)27)13-23(8-6-17(20)25)12-18-22-7-9-24(18)16-4-5-16/h1-3,7,9-10,16-17,25H,4-6,8,11-13H2,(H,26,27)/t17-,20+/m0/s1. The molecule has 2 fully saturated rings. The van der Waals surface area contributed by atoms with Crippen LogP contribution in [0.1, 0.15) is 36.7 Å². The second kappa shape index (κ2) is 7.05. The van der Waals surface area contributed by atoms with Crippen LogP contribution in [0.15, 0.2) is 36.7 Å². The molecule has 2 heterocycles. The fourth-order valence-corrected chi connectivity index (χ4v) is 4.12. The molecule has 0 bridgehead atoms. The summed E-state index contributed by atoms with van der Waals surface area (Å²) in [5.74, 6) is -0.518. The van der Waals surface area contributed by atoms with E-state index in [9.17, 15) is 19.4 Å². The molecule has 0 amide bonds. The molecule has 6 nitrogen and oxygen atoms in total. The molecule has 1 aromatic carbocycles. The average molecular weight is 373 g/mol. The lowest BCUT2D eigenvalue weighted by Crippen LogP contribution is -2.57. The van der Waals surface area contributed by atoms with Gasteiger partial charge >= 0.3 is 5.97 Å². The number of hydrogen-bond acceptors (Lipinski definition) is 4. The Kier molecular flexibility index (Phi) is 4.74. The SMILES string of the molecule is O=C(O)[C@]1(Cc2cccc(F)c2)CN(Cc2nccn2C2CC2)CC[C@@H]1O. The van der Waals surface area contributed by atoms with Crippen molar-refractivity contribution in [3.8, 4) is 0 Å². The Bertz CT molecular complexity index is 835. The van der Waals surface area contributed by atoms with Crippen molar-refractivity contribution in [1.29, 1.82) is 0 Å². The summed E-state index contributed by atoms with van der Waals surface area (Å²) in [6, 6.07) is 6.46. The first-order valence-electron chi connectivity index (χ1n) is 9.38. The highest BCUT2D eigenvalue weighted by Crippen LogP contribution is 2.38. The number of rotatable bonds is 6. The van der Waals surface area contributed by atoms with Gasteiger partial charge in [-0.15, -0.1) is 0 Å². The van der Waals surface area contributed by atoms with Crippen molar-refractivity contribution in [2.75, 3.05) is 13.1 Å². The first kappa shape index (κ1) is 18.1. The van der Waals surface area contributed by atoms with Crippen LogP contribution in [0.4, 0.5) is 4.39 Å². The van der Waals surface area contributed by atoms with Gasteiger partial charge in [0.05, 0.1) is 12.6 Å². The fraction of sp³-hybridized carbons (Fsp3) is 0.500. The van der Waals surface area contributed by atoms with E-state index in [1.807, 2.05) is 11.1 Å². The second-order valence-electron chi connectivity index (χ2n) is 7.77. The lowest BCUT2D eigenvalue weighted by molar-refractivity contribution is -0.163. The zero-order chi connectivity index (χ0) is 19.0. The van der Waals surface area contributed by atoms with Crippen LogP contribution in [-0.4, -0.2) is 49.8 Å². The topological polar surface area (TPSA) is 78.6 Å². The summed E-state index contributed by atoms with van der Waals surface area (Å²) in [5.41, 5.74) is -0.777. The van der Waals surface area contributed by atoms with Gasteiger partial charge in [0.25, 0.3) is 0 Å². The molecule has 1 saturated carbocycles. The van der Waals surface area contributed by atoms with Gasteiger partial charge in [-0.25, -0.2) is 9.37 Å². The number of aromatic nitrogens is 2. The van der Waals surface area contributed by atoms with E-state index >= 15 is 0 Å². The van der Waals surface area contributed by atoms with Gasteiger partial charge in [-0.05, 0) is 43.4 Å². The summed E-state index contributed by atoms with van der Waals surface area (Å²) < 4.78 is 15.7. The Labute approximate surface area is 157 Å². The number of hydrogen-bond donors (Lipinski definition) is 2. The molecular weight excluding hydrogens is 349 g/mol. The summed E-state index contributed by atoms with van der Waals surface area (Å²) in [6.07, 6.45) is 5.55. The van der Waals surface area contributed by atoms with E-state index in [-0.39, 0.29) is 13.0 Å². The minimum absolute atomic E-state index is 0.0921. The molecule has 2 atom stereocenters. The number of piperidine rings is 1. The number of carbonyl (C=O) groups is 1. The lowest BCUT2D eigenvalue weighted by Gasteiger charge is -2.43. The summed E-state index contributed by atoms with van der Waals surface area (Å²) in [4.78, 5) is 18.7. The number of likely N-dealkylation sites (tertiary alicyclic amines) is 1. The molecule has 144 valence electrons. The normalized spacial score (nSPS) is 26.2. The molecule has 0 spiro atoms. The maximum atomic E-state index is 13.6. The van der Waals surface area contributed by atoms with Crippen molar-refractivity contribution in [2.24, 2.45) is 5.41 Å². The number of nitrogens with zero attached hydrogens (tertiary/aromatic N) is 3. The molecular formula is C20H24FN3O3. The highest BCUT2D eigenvalue weighted by Gasteiger charge is 2.49. The third kappa shape index (κ3) is 3.61. The number of imidazole rings is 1. The third-order valence-electron chi connectivity index (χ3n) is 5.75. The van der Waals surface area contributed by atoms with Crippen molar-refractivity contribution in [2.45, 2.75) is 44.4 Å².